The van der Waals surface area contributed by atoms with Gasteiger partial charge in [0.05, 0.1) is 5.52 Å². The molecule has 1 saturated heterocycles. The number of ketones is 1. The Bertz CT molecular complexity index is 1300. The molecule has 7 heteroatoms. The van der Waals surface area contributed by atoms with Gasteiger partial charge in [0.1, 0.15) is 11.4 Å². The number of carbonyl (C=O) groups excluding carboxylic acids is 1. The molecule has 1 N–H and O–H groups in total. The number of Topliss-reactive ketones (excluding diaryl/α,β-unsaturated/α-hetero) is 1. The van der Waals surface area contributed by atoms with Crippen molar-refractivity contribution in [2.45, 2.75) is 31.3 Å². The first-order chi connectivity index (χ1) is 17.5. The van der Waals surface area contributed by atoms with Crippen molar-refractivity contribution in [1.29, 1.82) is 0 Å². The lowest BCUT2D eigenvalue weighted by atomic mass is 9.77. The summed E-state index contributed by atoms with van der Waals surface area (Å²) in [6, 6.07) is 28.7. The highest BCUT2D eigenvalue weighted by Crippen LogP contribution is 2.39. The molecule has 0 saturated carbocycles. The van der Waals surface area contributed by atoms with Crippen molar-refractivity contribution < 1.29 is 4.79 Å². The van der Waals surface area contributed by atoms with E-state index in [4.69, 9.17) is 9.97 Å². The largest absolute Gasteiger partial charge is 0.362 e. The van der Waals surface area contributed by atoms with Crippen LogP contribution in [0.3, 0.4) is 0 Å². The molecule has 0 aliphatic carbocycles. The molecular weight excluding hydrogens is 482 g/mol. The van der Waals surface area contributed by atoms with Gasteiger partial charge in [0.15, 0.2) is 5.78 Å². The van der Waals surface area contributed by atoms with E-state index < -0.39 is 5.54 Å². The van der Waals surface area contributed by atoms with E-state index >= 15 is 0 Å². The number of aromatic nitrogens is 2. The van der Waals surface area contributed by atoms with Crippen LogP contribution in [0.5, 0.6) is 0 Å². The first-order valence-electron chi connectivity index (χ1n) is 12.6. The monoisotopic (exact) mass is 515 g/mol. The summed E-state index contributed by atoms with van der Waals surface area (Å²) < 4.78 is 0. The van der Waals surface area contributed by atoms with E-state index in [0.717, 1.165) is 53.8 Å². The molecule has 0 bridgehead atoms. The molecule has 1 aromatic heterocycles. The van der Waals surface area contributed by atoms with Crippen LogP contribution in [-0.4, -0.2) is 53.9 Å². The maximum atomic E-state index is 13.5. The van der Waals surface area contributed by atoms with Crippen LogP contribution in [0.15, 0.2) is 84.9 Å². The molecule has 0 atom stereocenters. The van der Waals surface area contributed by atoms with E-state index in [1.807, 2.05) is 73.6 Å². The van der Waals surface area contributed by atoms with E-state index in [-0.39, 0.29) is 24.2 Å². The predicted octanol–water partition coefficient (Wildman–Crippen LogP) is 5.53. The van der Waals surface area contributed by atoms with Gasteiger partial charge in [-0.25, -0.2) is 4.98 Å². The number of hydrogen-bond acceptors (Lipinski definition) is 6. The third-order valence-corrected chi connectivity index (χ3v) is 7.20. The minimum atomic E-state index is -0.801. The highest BCUT2D eigenvalue weighted by Gasteiger charge is 2.45. The number of nitrogens with zero attached hydrogens (tertiary/aromatic N) is 4. The standard InChI is InChI=1S/C30H33N5O.ClH/c1-22(36)30(23-12-6-4-7-13-23,24-14-8-5-9-15-24)35-20-18-25(19-21-35)31-29-32-27-17-11-10-16-26(27)28(33-29)34(2)3;/h4-17,25H,18-21H2,1-3H3,(H,31,32,33);1H. The minimum Gasteiger partial charge on any atom is -0.362 e. The van der Waals surface area contributed by atoms with Gasteiger partial charge >= 0.3 is 0 Å². The van der Waals surface area contributed by atoms with Gasteiger partial charge in [0.2, 0.25) is 5.95 Å². The number of benzene rings is 3. The van der Waals surface area contributed by atoms with Crippen LogP contribution in [0.1, 0.15) is 30.9 Å². The lowest BCUT2D eigenvalue weighted by Gasteiger charge is -2.46. The smallest absolute Gasteiger partial charge is 0.225 e. The highest BCUT2D eigenvalue weighted by molar-refractivity contribution is 5.92. The number of rotatable bonds is 7. The molecule has 37 heavy (non-hydrogen) atoms. The number of hydrogen-bond donors (Lipinski definition) is 1. The summed E-state index contributed by atoms with van der Waals surface area (Å²) in [7, 11) is 4.01. The number of piperidine rings is 1. The van der Waals surface area contributed by atoms with E-state index in [1.165, 1.54) is 0 Å². The Morgan fingerprint density at radius 1 is 0.865 bits per heavy atom. The van der Waals surface area contributed by atoms with E-state index in [9.17, 15) is 4.79 Å². The molecule has 0 unspecified atom stereocenters. The minimum absolute atomic E-state index is 0. The molecule has 4 aromatic rings. The molecule has 2 heterocycles. The summed E-state index contributed by atoms with van der Waals surface area (Å²) in [6.45, 7) is 3.29. The average molecular weight is 516 g/mol. The van der Waals surface area contributed by atoms with Crippen LogP contribution in [0.4, 0.5) is 11.8 Å². The Morgan fingerprint density at radius 3 is 1.95 bits per heavy atom. The van der Waals surface area contributed by atoms with Gasteiger partial charge in [-0.15, -0.1) is 12.4 Å². The van der Waals surface area contributed by atoms with Gasteiger partial charge in [0.25, 0.3) is 0 Å². The molecule has 0 amide bonds. The van der Waals surface area contributed by atoms with Crippen molar-refractivity contribution >= 4 is 40.9 Å². The summed E-state index contributed by atoms with van der Waals surface area (Å²) in [5, 5.41) is 4.63. The molecule has 192 valence electrons. The van der Waals surface area contributed by atoms with Crippen LogP contribution < -0.4 is 10.2 Å². The lowest BCUT2D eigenvalue weighted by molar-refractivity contribution is -0.128. The van der Waals surface area contributed by atoms with Gasteiger partial charge in [-0.05, 0) is 43.0 Å². The molecule has 6 nitrogen and oxygen atoms in total. The van der Waals surface area contributed by atoms with Crippen molar-refractivity contribution in [3.8, 4) is 0 Å². The van der Waals surface area contributed by atoms with E-state index in [2.05, 4.69) is 40.5 Å². The summed E-state index contributed by atoms with van der Waals surface area (Å²) in [4.78, 5) is 27.5. The summed E-state index contributed by atoms with van der Waals surface area (Å²) in [6.07, 6.45) is 1.78. The Balaban J connectivity index is 0.00000320. The summed E-state index contributed by atoms with van der Waals surface area (Å²) in [5.74, 6) is 1.70. The Morgan fingerprint density at radius 2 is 1.41 bits per heavy atom. The predicted molar refractivity (Wildman–Crippen MR) is 154 cm³/mol. The second-order valence-corrected chi connectivity index (χ2v) is 9.69. The lowest BCUT2D eigenvalue weighted by Crippen LogP contribution is -2.56. The SMILES string of the molecule is CC(=O)C(c1ccccc1)(c1ccccc1)N1CCC(Nc2nc(N(C)C)c3ccccc3n2)CC1.Cl. The number of fused-ring (bicyclic) bond motifs is 1. The summed E-state index contributed by atoms with van der Waals surface area (Å²) >= 11 is 0. The maximum absolute atomic E-state index is 13.5. The normalized spacial score (nSPS) is 14.7. The second kappa shape index (κ2) is 11.3. The highest BCUT2D eigenvalue weighted by atomic mass is 35.5. The Hall–Kier alpha value is -3.48. The maximum Gasteiger partial charge on any atom is 0.225 e. The number of anilines is 2. The fraction of sp³-hybridized carbons (Fsp3) is 0.300. The van der Waals surface area contributed by atoms with Gasteiger partial charge in [-0.3, -0.25) is 9.69 Å². The number of nitrogens with one attached hydrogen (secondary N) is 1. The van der Waals surface area contributed by atoms with E-state index in [1.54, 1.807) is 6.92 Å². The van der Waals surface area contributed by atoms with Gasteiger partial charge in [-0.2, -0.15) is 4.98 Å². The molecule has 1 fully saturated rings. The van der Waals surface area contributed by atoms with Gasteiger partial charge in [0, 0.05) is 38.6 Å². The molecule has 1 aliphatic rings. The number of carbonyl (C=O) groups is 1. The van der Waals surface area contributed by atoms with Crippen LogP contribution in [-0.2, 0) is 10.3 Å². The van der Waals surface area contributed by atoms with E-state index in [0.29, 0.717) is 5.95 Å². The molecule has 0 spiro atoms. The van der Waals surface area contributed by atoms with Crippen LogP contribution in [0, 0.1) is 0 Å². The first kappa shape index (κ1) is 26.6. The van der Waals surface area contributed by atoms with Crippen molar-refractivity contribution in [2.75, 3.05) is 37.4 Å². The third kappa shape index (κ3) is 5.04. The summed E-state index contributed by atoms with van der Waals surface area (Å²) in [5.41, 5.74) is 2.16. The fourth-order valence-corrected chi connectivity index (χ4v) is 5.53. The molecular formula is C30H34ClN5O. The second-order valence-electron chi connectivity index (χ2n) is 9.69. The third-order valence-electron chi connectivity index (χ3n) is 7.20. The number of para-hydroxylation sites is 1. The van der Waals surface area contributed by atoms with Crippen LogP contribution in [0.2, 0.25) is 0 Å². The zero-order valence-corrected chi connectivity index (χ0v) is 22.4. The van der Waals surface area contributed by atoms with Crippen molar-refractivity contribution in [2.24, 2.45) is 0 Å². The Labute approximate surface area is 225 Å². The van der Waals surface area contributed by atoms with Crippen molar-refractivity contribution in [3.05, 3.63) is 96.1 Å². The average Bonchev–Trinajstić information content (AvgIpc) is 2.90. The molecule has 0 radical (unpaired) electrons. The van der Waals surface area contributed by atoms with Gasteiger partial charge < -0.3 is 10.2 Å². The molecule has 5 rings (SSSR count). The first-order valence-corrected chi connectivity index (χ1v) is 12.6. The number of likely N-dealkylation sites (tertiary alicyclic amines) is 1. The van der Waals surface area contributed by atoms with Crippen LogP contribution in [0.25, 0.3) is 10.9 Å². The van der Waals surface area contributed by atoms with Crippen molar-refractivity contribution in [3.63, 3.8) is 0 Å². The molecule has 1 aliphatic heterocycles. The van der Waals surface area contributed by atoms with Crippen molar-refractivity contribution in [1.82, 2.24) is 14.9 Å². The zero-order valence-electron chi connectivity index (χ0n) is 21.6. The quantitative estimate of drug-likeness (QED) is 0.349. The molecule has 3 aromatic carbocycles. The number of halogens is 1. The fourth-order valence-electron chi connectivity index (χ4n) is 5.53. The zero-order chi connectivity index (χ0) is 25.1. The van der Waals surface area contributed by atoms with Crippen LogP contribution >= 0.6 is 12.4 Å². The Kier molecular flexibility index (Phi) is 8.10. The topological polar surface area (TPSA) is 61.4 Å². The van der Waals surface area contributed by atoms with Gasteiger partial charge in [-0.1, -0.05) is 72.8 Å².